The summed E-state index contributed by atoms with van der Waals surface area (Å²) in [5.74, 6) is -0.961. The average Bonchev–Trinajstić information content (AvgIpc) is 3.00. The number of rotatable bonds is 12. The summed E-state index contributed by atoms with van der Waals surface area (Å²) in [6.07, 6.45) is 4.88. The van der Waals surface area contributed by atoms with Gasteiger partial charge in [0.15, 0.2) is 0 Å². The Morgan fingerprint density at radius 1 is 0.952 bits per heavy atom. The van der Waals surface area contributed by atoms with Crippen molar-refractivity contribution in [2.24, 2.45) is 0 Å². The molecule has 1 N–H and O–H groups in total. The molecule has 0 aromatic heterocycles. The number of carbonyl (C=O) groups excluding carboxylic acids is 2. The highest BCUT2D eigenvalue weighted by atomic mass is 32.2. The Hall–Kier alpha value is -3.92. The van der Waals surface area contributed by atoms with Gasteiger partial charge >= 0.3 is 0 Å². The maximum atomic E-state index is 14.7. The third kappa shape index (κ3) is 7.67. The molecule has 0 radical (unpaired) electrons. The molecular weight excluding hydrogens is 557 g/mol. The number of nitrogens with one attached hydrogen (secondary N) is 1. The Morgan fingerprint density at radius 3 is 2.24 bits per heavy atom. The predicted molar refractivity (Wildman–Crippen MR) is 160 cm³/mol. The van der Waals surface area contributed by atoms with Crippen LogP contribution in [0.15, 0.2) is 83.8 Å². The summed E-state index contributed by atoms with van der Waals surface area (Å²) in [5, 5.41) is 3.04. The highest BCUT2D eigenvalue weighted by molar-refractivity contribution is 7.92. The van der Waals surface area contributed by atoms with Gasteiger partial charge in [-0.15, -0.1) is 0 Å². The molecule has 224 valence electrons. The van der Waals surface area contributed by atoms with Crippen molar-refractivity contribution in [3.05, 3.63) is 90.2 Å². The van der Waals surface area contributed by atoms with Gasteiger partial charge in [-0.05, 0) is 69.2 Å². The van der Waals surface area contributed by atoms with Gasteiger partial charge in [-0.1, -0.05) is 55.7 Å². The molecule has 1 aliphatic rings. The van der Waals surface area contributed by atoms with Gasteiger partial charge in [0.05, 0.1) is 17.2 Å². The first-order valence-corrected chi connectivity index (χ1v) is 15.8. The molecule has 0 aliphatic heterocycles. The van der Waals surface area contributed by atoms with Crippen LogP contribution in [0.5, 0.6) is 5.75 Å². The van der Waals surface area contributed by atoms with E-state index in [-0.39, 0.29) is 34.6 Å². The molecule has 0 saturated heterocycles. The minimum atomic E-state index is -4.19. The lowest BCUT2D eigenvalue weighted by molar-refractivity contribution is -0.139. The lowest BCUT2D eigenvalue weighted by Crippen LogP contribution is -2.53. The van der Waals surface area contributed by atoms with Gasteiger partial charge in [0.25, 0.3) is 10.0 Å². The average molecular weight is 596 g/mol. The number of amides is 2. The number of ether oxygens (including phenoxy) is 1. The molecule has 2 amide bonds. The molecule has 3 aromatic rings. The number of benzene rings is 3. The molecule has 1 fully saturated rings. The Bertz CT molecular complexity index is 1440. The summed E-state index contributed by atoms with van der Waals surface area (Å²) >= 11 is 0. The van der Waals surface area contributed by atoms with Gasteiger partial charge in [0.1, 0.15) is 24.2 Å². The van der Waals surface area contributed by atoms with E-state index in [1.54, 1.807) is 67.6 Å². The second-order valence-electron chi connectivity index (χ2n) is 10.4. The van der Waals surface area contributed by atoms with Crippen LogP contribution in [0.25, 0.3) is 0 Å². The Morgan fingerprint density at radius 2 is 1.60 bits per heavy atom. The second kappa shape index (κ2) is 14.3. The monoisotopic (exact) mass is 595 g/mol. The lowest BCUT2D eigenvalue weighted by atomic mass is 9.95. The van der Waals surface area contributed by atoms with Crippen LogP contribution in [0, 0.1) is 5.82 Å². The number of halogens is 1. The van der Waals surface area contributed by atoms with Gasteiger partial charge < -0.3 is 15.0 Å². The third-order valence-electron chi connectivity index (χ3n) is 7.46. The van der Waals surface area contributed by atoms with E-state index < -0.39 is 34.3 Å². The number of hydrogen-bond acceptors (Lipinski definition) is 5. The summed E-state index contributed by atoms with van der Waals surface area (Å²) in [6.45, 7) is 3.07. The van der Waals surface area contributed by atoms with E-state index in [0.717, 1.165) is 36.4 Å². The van der Waals surface area contributed by atoms with E-state index in [2.05, 4.69) is 5.32 Å². The molecule has 4 rings (SSSR count). The first-order chi connectivity index (χ1) is 20.2. The fourth-order valence-electron chi connectivity index (χ4n) is 5.09. The summed E-state index contributed by atoms with van der Waals surface area (Å²) < 4.78 is 49.0. The van der Waals surface area contributed by atoms with Crippen molar-refractivity contribution in [3.63, 3.8) is 0 Å². The van der Waals surface area contributed by atoms with Crippen LogP contribution in [-0.2, 0) is 26.2 Å². The minimum Gasteiger partial charge on any atom is -0.494 e. The van der Waals surface area contributed by atoms with Crippen molar-refractivity contribution >= 4 is 27.5 Å². The van der Waals surface area contributed by atoms with Crippen molar-refractivity contribution in [2.75, 3.05) is 17.5 Å². The highest BCUT2D eigenvalue weighted by Gasteiger charge is 2.33. The summed E-state index contributed by atoms with van der Waals surface area (Å²) in [7, 11) is -4.19. The molecule has 10 heteroatoms. The predicted octanol–water partition coefficient (Wildman–Crippen LogP) is 5.29. The SMILES string of the molecule is CCOc1ccc(N(CC(=O)N(Cc2ccccc2F)C(C)C(=O)NC2CCCCC2)S(=O)(=O)c2ccccc2)cc1. The molecule has 0 bridgehead atoms. The Kier molecular flexibility index (Phi) is 10.6. The first-order valence-electron chi connectivity index (χ1n) is 14.3. The molecular formula is C32H38FN3O5S. The van der Waals surface area contributed by atoms with Crippen LogP contribution in [-0.4, -0.2) is 50.4 Å². The van der Waals surface area contributed by atoms with Crippen molar-refractivity contribution in [1.29, 1.82) is 0 Å². The maximum absolute atomic E-state index is 14.7. The molecule has 1 atom stereocenters. The normalized spacial score (nSPS) is 14.5. The van der Waals surface area contributed by atoms with Gasteiger partial charge in [0, 0.05) is 18.2 Å². The van der Waals surface area contributed by atoms with Crippen molar-refractivity contribution in [3.8, 4) is 5.75 Å². The van der Waals surface area contributed by atoms with Crippen LogP contribution in [0.2, 0.25) is 0 Å². The van der Waals surface area contributed by atoms with Crippen LogP contribution in [0.1, 0.15) is 51.5 Å². The fourth-order valence-corrected chi connectivity index (χ4v) is 6.52. The topological polar surface area (TPSA) is 96.0 Å². The second-order valence-corrected chi connectivity index (χ2v) is 12.2. The highest BCUT2D eigenvalue weighted by Crippen LogP contribution is 2.27. The number of sulfonamides is 1. The number of hydrogen-bond donors (Lipinski definition) is 1. The zero-order valence-corrected chi connectivity index (χ0v) is 24.9. The molecule has 1 aliphatic carbocycles. The molecule has 3 aromatic carbocycles. The van der Waals surface area contributed by atoms with E-state index in [1.165, 1.54) is 23.1 Å². The zero-order valence-electron chi connectivity index (χ0n) is 24.0. The molecule has 42 heavy (non-hydrogen) atoms. The first kappa shape index (κ1) is 31.0. The summed E-state index contributed by atoms with van der Waals surface area (Å²) in [4.78, 5) is 28.6. The number of nitrogens with zero attached hydrogens (tertiary/aromatic N) is 2. The Labute approximate surface area is 247 Å². The van der Waals surface area contributed by atoms with Gasteiger partial charge in [-0.3, -0.25) is 13.9 Å². The summed E-state index contributed by atoms with van der Waals surface area (Å²) in [5.41, 5.74) is 0.475. The minimum absolute atomic E-state index is 0.00966. The van der Waals surface area contributed by atoms with E-state index in [4.69, 9.17) is 4.74 Å². The van der Waals surface area contributed by atoms with Gasteiger partial charge in [-0.25, -0.2) is 12.8 Å². The third-order valence-corrected chi connectivity index (χ3v) is 9.25. The molecule has 8 nitrogen and oxygen atoms in total. The van der Waals surface area contributed by atoms with E-state index in [1.807, 2.05) is 6.92 Å². The zero-order chi connectivity index (χ0) is 30.1. The van der Waals surface area contributed by atoms with Crippen molar-refractivity contribution < 1.29 is 27.1 Å². The van der Waals surface area contributed by atoms with E-state index >= 15 is 0 Å². The van der Waals surface area contributed by atoms with Crippen LogP contribution >= 0.6 is 0 Å². The maximum Gasteiger partial charge on any atom is 0.264 e. The van der Waals surface area contributed by atoms with Gasteiger partial charge in [0.2, 0.25) is 11.8 Å². The van der Waals surface area contributed by atoms with Crippen LogP contribution < -0.4 is 14.4 Å². The summed E-state index contributed by atoms with van der Waals surface area (Å²) in [6, 6.07) is 19.3. The van der Waals surface area contributed by atoms with E-state index in [0.29, 0.717) is 12.4 Å². The lowest BCUT2D eigenvalue weighted by Gasteiger charge is -2.33. The van der Waals surface area contributed by atoms with E-state index in [9.17, 15) is 22.4 Å². The number of anilines is 1. The van der Waals surface area contributed by atoms with Crippen LogP contribution in [0.4, 0.5) is 10.1 Å². The molecule has 0 spiro atoms. The quantitative estimate of drug-likeness (QED) is 0.307. The fraction of sp³-hybridized carbons (Fsp3) is 0.375. The molecule has 1 unspecified atom stereocenters. The smallest absolute Gasteiger partial charge is 0.264 e. The van der Waals surface area contributed by atoms with Crippen molar-refractivity contribution in [2.45, 2.75) is 69.5 Å². The van der Waals surface area contributed by atoms with Gasteiger partial charge in [-0.2, -0.15) is 0 Å². The van der Waals surface area contributed by atoms with Crippen LogP contribution in [0.3, 0.4) is 0 Å². The Balaban J connectivity index is 1.67. The standard InChI is InChI=1S/C32H38FN3O5S/c1-3-41-28-20-18-27(19-21-28)36(42(39,40)29-15-8-5-9-16-29)23-31(37)35(22-25-12-10-11-17-30(25)33)24(2)32(38)34-26-13-6-4-7-14-26/h5,8-12,15-21,24,26H,3-4,6-7,13-14,22-23H2,1-2H3,(H,34,38). The molecule has 1 saturated carbocycles. The molecule has 0 heterocycles. The largest absolute Gasteiger partial charge is 0.494 e. The van der Waals surface area contributed by atoms with Crippen molar-refractivity contribution in [1.82, 2.24) is 10.2 Å². The number of carbonyl (C=O) groups is 2.